The van der Waals surface area contributed by atoms with E-state index in [4.69, 9.17) is 0 Å². The topological polar surface area (TPSA) is 0 Å². The normalized spacial score (nSPS) is 25.2. The van der Waals surface area contributed by atoms with Crippen LogP contribution in [0.25, 0.3) is 0 Å². The van der Waals surface area contributed by atoms with Gasteiger partial charge in [0.05, 0.1) is 5.83 Å². The molecule has 0 aromatic heterocycles. The molecule has 1 aliphatic carbocycles. The van der Waals surface area contributed by atoms with Crippen molar-refractivity contribution in [3.8, 4) is 0 Å². The molecule has 0 saturated carbocycles. The molecule has 0 nitrogen and oxygen atoms in total. The summed E-state index contributed by atoms with van der Waals surface area (Å²) >= 11 is 0. The summed E-state index contributed by atoms with van der Waals surface area (Å²) in [5.41, 5.74) is 1.24. The average molecular weight is 182 g/mol. The van der Waals surface area contributed by atoms with Crippen LogP contribution >= 0.6 is 0 Å². The standard InChI is InChI=1S/C12H19F/c1-9(2)8-10(3)11-4-6-12(13)7-5-11/h6,10-11H,1,4-5,7-8H2,2-3H3. The Bertz CT molecular complexity index is 215. The smallest absolute Gasteiger partial charge is 0.0960 e. The van der Waals surface area contributed by atoms with Gasteiger partial charge >= 0.3 is 0 Å². The van der Waals surface area contributed by atoms with Crippen LogP contribution in [-0.4, -0.2) is 0 Å². The van der Waals surface area contributed by atoms with Crippen LogP contribution in [0.3, 0.4) is 0 Å². The van der Waals surface area contributed by atoms with Crippen molar-refractivity contribution < 1.29 is 4.39 Å². The molecule has 0 aliphatic heterocycles. The van der Waals surface area contributed by atoms with E-state index in [0.717, 1.165) is 19.3 Å². The van der Waals surface area contributed by atoms with Crippen molar-refractivity contribution >= 4 is 0 Å². The highest BCUT2D eigenvalue weighted by molar-refractivity contribution is 5.00. The number of allylic oxidation sites excluding steroid dienone is 3. The van der Waals surface area contributed by atoms with Gasteiger partial charge in [-0.25, -0.2) is 4.39 Å². The van der Waals surface area contributed by atoms with Gasteiger partial charge < -0.3 is 0 Å². The van der Waals surface area contributed by atoms with Crippen molar-refractivity contribution in [3.63, 3.8) is 0 Å². The van der Waals surface area contributed by atoms with Gasteiger partial charge in [0.1, 0.15) is 0 Å². The Hall–Kier alpha value is -0.590. The number of hydrogen-bond acceptors (Lipinski definition) is 0. The second kappa shape index (κ2) is 4.59. The van der Waals surface area contributed by atoms with Gasteiger partial charge in [0.25, 0.3) is 0 Å². The summed E-state index contributed by atoms with van der Waals surface area (Å²) in [7, 11) is 0. The summed E-state index contributed by atoms with van der Waals surface area (Å²) < 4.78 is 12.7. The second-order valence-corrected chi connectivity index (χ2v) is 4.32. The van der Waals surface area contributed by atoms with Crippen LogP contribution < -0.4 is 0 Å². The lowest BCUT2D eigenvalue weighted by Crippen LogP contribution is -2.14. The summed E-state index contributed by atoms with van der Waals surface area (Å²) in [6.07, 6.45) is 5.41. The van der Waals surface area contributed by atoms with Gasteiger partial charge in [0.2, 0.25) is 0 Å². The first-order chi connectivity index (χ1) is 6.09. The van der Waals surface area contributed by atoms with Gasteiger partial charge in [0, 0.05) is 0 Å². The molecule has 1 aliphatic rings. The number of hydrogen-bond donors (Lipinski definition) is 0. The van der Waals surface area contributed by atoms with E-state index in [2.05, 4.69) is 20.4 Å². The molecule has 0 fully saturated rings. The predicted molar refractivity (Wildman–Crippen MR) is 55.1 cm³/mol. The minimum Gasteiger partial charge on any atom is -0.212 e. The zero-order valence-corrected chi connectivity index (χ0v) is 8.65. The largest absolute Gasteiger partial charge is 0.212 e. The minimum absolute atomic E-state index is 0.0822. The highest BCUT2D eigenvalue weighted by atomic mass is 19.1. The van der Waals surface area contributed by atoms with Crippen molar-refractivity contribution in [1.29, 1.82) is 0 Å². The lowest BCUT2D eigenvalue weighted by atomic mass is 9.81. The van der Waals surface area contributed by atoms with Crippen molar-refractivity contribution in [1.82, 2.24) is 0 Å². The molecule has 0 radical (unpaired) electrons. The van der Waals surface area contributed by atoms with Crippen molar-refractivity contribution in [2.24, 2.45) is 11.8 Å². The predicted octanol–water partition coefficient (Wildman–Crippen LogP) is 4.24. The Kier molecular flexibility index (Phi) is 3.71. The summed E-state index contributed by atoms with van der Waals surface area (Å²) in [6.45, 7) is 8.23. The average Bonchev–Trinajstić information content (AvgIpc) is 2.04. The van der Waals surface area contributed by atoms with Crippen molar-refractivity contribution in [2.45, 2.75) is 39.5 Å². The maximum atomic E-state index is 12.7. The molecule has 0 aromatic carbocycles. The SMILES string of the molecule is C=C(C)CC(C)C1CC=C(F)CC1. The fraction of sp³-hybridized carbons (Fsp3) is 0.667. The fourth-order valence-electron chi connectivity index (χ4n) is 2.06. The first kappa shape index (κ1) is 10.5. The second-order valence-electron chi connectivity index (χ2n) is 4.32. The maximum Gasteiger partial charge on any atom is 0.0960 e. The van der Waals surface area contributed by atoms with Crippen LogP contribution in [0, 0.1) is 11.8 Å². The molecule has 2 unspecified atom stereocenters. The van der Waals surface area contributed by atoms with Crippen LogP contribution in [0.5, 0.6) is 0 Å². The fourth-order valence-corrected chi connectivity index (χ4v) is 2.06. The Morgan fingerprint density at radius 1 is 1.77 bits per heavy atom. The molecular weight excluding hydrogens is 163 g/mol. The Morgan fingerprint density at radius 3 is 2.92 bits per heavy atom. The molecule has 1 rings (SSSR count). The lowest BCUT2D eigenvalue weighted by molar-refractivity contribution is 0.310. The van der Waals surface area contributed by atoms with E-state index in [0.29, 0.717) is 18.3 Å². The Morgan fingerprint density at radius 2 is 2.46 bits per heavy atom. The Labute approximate surface area is 80.5 Å². The van der Waals surface area contributed by atoms with E-state index >= 15 is 0 Å². The van der Waals surface area contributed by atoms with E-state index in [9.17, 15) is 4.39 Å². The summed E-state index contributed by atoms with van der Waals surface area (Å²) in [5, 5.41) is 0. The zero-order chi connectivity index (χ0) is 9.84. The van der Waals surface area contributed by atoms with E-state index in [1.54, 1.807) is 6.08 Å². The third-order valence-corrected chi connectivity index (χ3v) is 2.87. The number of halogens is 1. The van der Waals surface area contributed by atoms with Crippen molar-refractivity contribution in [2.75, 3.05) is 0 Å². The van der Waals surface area contributed by atoms with Crippen LogP contribution in [0.4, 0.5) is 4.39 Å². The first-order valence-electron chi connectivity index (χ1n) is 5.08. The van der Waals surface area contributed by atoms with Gasteiger partial charge in [-0.3, -0.25) is 0 Å². The third-order valence-electron chi connectivity index (χ3n) is 2.87. The molecule has 0 aromatic rings. The monoisotopic (exact) mass is 182 g/mol. The van der Waals surface area contributed by atoms with Crippen LogP contribution in [0.2, 0.25) is 0 Å². The van der Waals surface area contributed by atoms with Crippen LogP contribution in [0.1, 0.15) is 39.5 Å². The maximum absolute atomic E-state index is 12.7. The van der Waals surface area contributed by atoms with Gasteiger partial charge in [-0.15, -0.1) is 6.58 Å². The molecule has 0 amide bonds. The van der Waals surface area contributed by atoms with Gasteiger partial charge in [-0.05, 0) is 44.4 Å². The Balaban J connectivity index is 2.40. The lowest BCUT2D eigenvalue weighted by Gasteiger charge is -2.25. The highest BCUT2D eigenvalue weighted by Crippen LogP contribution is 2.32. The molecule has 0 N–H and O–H groups in total. The van der Waals surface area contributed by atoms with E-state index in [1.807, 2.05) is 0 Å². The zero-order valence-electron chi connectivity index (χ0n) is 8.65. The van der Waals surface area contributed by atoms with E-state index < -0.39 is 0 Å². The molecule has 1 heteroatoms. The quantitative estimate of drug-likeness (QED) is 0.573. The minimum atomic E-state index is 0.0822. The number of rotatable bonds is 3. The van der Waals surface area contributed by atoms with Gasteiger partial charge in [-0.1, -0.05) is 18.6 Å². The van der Waals surface area contributed by atoms with Crippen LogP contribution in [0.15, 0.2) is 24.1 Å². The molecule has 13 heavy (non-hydrogen) atoms. The van der Waals surface area contributed by atoms with E-state index in [-0.39, 0.29) is 5.83 Å². The first-order valence-corrected chi connectivity index (χ1v) is 5.08. The van der Waals surface area contributed by atoms with Crippen molar-refractivity contribution in [3.05, 3.63) is 24.1 Å². The highest BCUT2D eigenvalue weighted by Gasteiger charge is 2.20. The summed E-state index contributed by atoms with van der Waals surface area (Å²) in [6, 6.07) is 0. The van der Waals surface area contributed by atoms with E-state index in [1.165, 1.54) is 5.57 Å². The molecule has 0 bridgehead atoms. The molecular formula is C12H19F. The molecule has 0 spiro atoms. The summed E-state index contributed by atoms with van der Waals surface area (Å²) in [4.78, 5) is 0. The van der Waals surface area contributed by atoms with Gasteiger partial charge in [0.15, 0.2) is 0 Å². The van der Waals surface area contributed by atoms with Crippen LogP contribution in [-0.2, 0) is 0 Å². The molecule has 74 valence electrons. The molecule has 0 saturated heterocycles. The molecule has 2 atom stereocenters. The summed E-state index contributed by atoms with van der Waals surface area (Å²) in [5.74, 6) is 1.40. The van der Waals surface area contributed by atoms with Gasteiger partial charge in [-0.2, -0.15) is 0 Å². The third kappa shape index (κ3) is 3.33. The molecule has 0 heterocycles.